The first kappa shape index (κ1) is 22.0. The van der Waals surface area contributed by atoms with Crippen molar-refractivity contribution in [2.24, 2.45) is 0 Å². The van der Waals surface area contributed by atoms with Gasteiger partial charge < -0.3 is 15.4 Å². The minimum Gasteiger partial charge on any atom is -0.495 e. The smallest absolute Gasteiger partial charge is 0.243 e. The highest BCUT2D eigenvalue weighted by atomic mass is 35.5. The molecular formula is C20H23Cl2N3O3. The number of likely N-dealkylation sites (N-methyl/N-ethyl adjacent to an activating group) is 1. The Labute approximate surface area is 174 Å². The second-order valence-electron chi connectivity index (χ2n) is 6.41. The Balaban J connectivity index is 1.82. The number of aryl methyl sites for hydroxylation is 1. The molecule has 2 rings (SSSR count). The zero-order valence-corrected chi connectivity index (χ0v) is 17.5. The van der Waals surface area contributed by atoms with Gasteiger partial charge in [-0.05, 0) is 43.3 Å². The predicted molar refractivity (Wildman–Crippen MR) is 112 cm³/mol. The van der Waals surface area contributed by atoms with Crippen LogP contribution in [0, 0.1) is 6.92 Å². The molecule has 0 aliphatic heterocycles. The maximum atomic E-state index is 12.1. The van der Waals surface area contributed by atoms with Crippen molar-refractivity contribution in [1.29, 1.82) is 0 Å². The van der Waals surface area contributed by atoms with Gasteiger partial charge in [-0.15, -0.1) is 0 Å². The third kappa shape index (κ3) is 6.41. The highest BCUT2D eigenvalue weighted by Crippen LogP contribution is 2.26. The Morgan fingerprint density at radius 2 is 1.89 bits per heavy atom. The van der Waals surface area contributed by atoms with Gasteiger partial charge in [-0.2, -0.15) is 0 Å². The standard InChI is InChI=1S/C20H23Cl2N3O3/c1-13-7-8-17(28-3)16(9-13)24-18(26)10-23-19(27)12-25(2)11-14-5-4-6-15(21)20(14)22/h4-9H,10-12H2,1-3H3,(H,23,27)(H,24,26). The van der Waals surface area contributed by atoms with E-state index in [4.69, 9.17) is 27.9 Å². The van der Waals surface area contributed by atoms with Crippen molar-refractivity contribution in [2.75, 3.05) is 32.6 Å². The number of hydrogen-bond donors (Lipinski definition) is 2. The highest BCUT2D eigenvalue weighted by Gasteiger charge is 2.13. The minimum absolute atomic E-state index is 0.115. The van der Waals surface area contributed by atoms with Gasteiger partial charge in [0.25, 0.3) is 0 Å². The highest BCUT2D eigenvalue weighted by molar-refractivity contribution is 6.42. The molecule has 0 aliphatic rings. The van der Waals surface area contributed by atoms with Gasteiger partial charge in [0, 0.05) is 6.54 Å². The number of carbonyl (C=O) groups is 2. The number of ether oxygens (including phenoxy) is 1. The molecule has 0 atom stereocenters. The van der Waals surface area contributed by atoms with Crippen LogP contribution < -0.4 is 15.4 Å². The van der Waals surface area contributed by atoms with E-state index in [0.29, 0.717) is 28.0 Å². The van der Waals surface area contributed by atoms with Crippen LogP contribution in [-0.2, 0) is 16.1 Å². The van der Waals surface area contributed by atoms with Crippen LogP contribution in [0.2, 0.25) is 10.0 Å². The Morgan fingerprint density at radius 3 is 2.61 bits per heavy atom. The molecule has 0 bridgehead atoms. The second kappa shape index (κ2) is 10.3. The van der Waals surface area contributed by atoms with Crippen molar-refractivity contribution >= 4 is 40.7 Å². The first-order chi connectivity index (χ1) is 13.3. The van der Waals surface area contributed by atoms with Gasteiger partial charge in [-0.1, -0.05) is 41.4 Å². The lowest BCUT2D eigenvalue weighted by molar-refractivity contribution is -0.124. The molecule has 0 aromatic heterocycles. The number of carbonyl (C=O) groups excluding carboxylic acids is 2. The van der Waals surface area contributed by atoms with Gasteiger partial charge in [0.1, 0.15) is 5.75 Å². The zero-order chi connectivity index (χ0) is 20.7. The molecule has 2 N–H and O–H groups in total. The Morgan fingerprint density at radius 1 is 1.14 bits per heavy atom. The first-order valence-corrected chi connectivity index (χ1v) is 9.38. The monoisotopic (exact) mass is 423 g/mol. The van der Waals surface area contributed by atoms with Gasteiger partial charge in [0.05, 0.1) is 35.9 Å². The molecule has 150 valence electrons. The fourth-order valence-electron chi connectivity index (χ4n) is 2.61. The number of nitrogens with zero attached hydrogens (tertiary/aromatic N) is 1. The topological polar surface area (TPSA) is 70.7 Å². The molecule has 0 aliphatic carbocycles. The third-order valence-corrected chi connectivity index (χ3v) is 4.82. The van der Waals surface area contributed by atoms with E-state index in [0.717, 1.165) is 11.1 Å². The van der Waals surface area contributed by atoms with Gasteiger partial charge >= 0.3 is 0 Å². The SMILES string of the molecule is COc1ccc(C)cc1NC(=O)CNC(=O)CN(C)Cc1cccc(Cl)c1Cl. The Hall–Kier alpha value is -2.28. The summed E-state index contributed by atoms with van der Waals surface area (Å²) < 4.78 is 5.23. The molecule has 28 heavy (non-hydrogen) atoms. The largest absolute Gasteiger partial charge is 0.495 e. The molecule has 0 unspecified atom stereocenters. The lowest BCUT2D eigenvalue weighted by Gasteiger charge is -2.17. The van der Waals surface area contributed by atoms with Crippen LogP contribution in [0.25, 0.3) is 0 Å². The van der Waals surface area contributed by atoms with E-state index in [1.807, 2.05) is 19.1 Å². The fraction of sp³-hybridized carbons (Fsp3) is 0.300. The van der Waals surface area contributed by atoms with Crippen molar-refractivity contribution in [3.05, 3.63) is 57.6 Å². The van der Waals surface area contributed by atoms with Crippen molar-refractivity contribution in [1.82, 2.24) is 10.2 Å². The van der Waals surface area contributed by atoms with E-state index in [1.165, 1.54) is 7.11 Å². The van der Waals surface area contributed by atoms with Crippen molar-refractivity contribution in [3.8, 4) is 5.75 Å². The van der Waals surface area contributed by atoms with E-state index in [9.17, 15) is 9.59 Å². The average molecular weight is 424 g/mol. The number of anilines is 1. The number of amides is 2. The number of methoxy groups -OCH3 is 1. The fourth-order valence-corrected chi connectivity index (χ4v) is 2.99. The van der Waals surface area contributed by atoms with Gasteiger partial charge in [-0.3, -0.25) is 14.5 Å². The molecular weight excluding hydrogens is 401 g/mol. The zero-order valence-electron chi connectivity index (χ0n) is 16.0. The lowest BCUT2D eigenvalue weighted by atomic mass is 10.2. The molecule has 0 fully saturated rings. The maximum Gasteiger partial charge on any atom is 0.243 e. The van der Waals surface area contributed by atoms with Gasteiger partial charge in [-0.25, -0.2) is 0 Å². The lowest BCUT2D eigenvalue weighted by Crippen LogP contribution is -2.39. The summed E-state index contributed by atoms with van der Waals surface area (Å²) in [7, 11) is 3.32. The second-order valence-corrected chi connectivity index (χ2v) is 7.20. The summed E-state index contributed by atoms with van der Waals surface area (Å²) in [5.74, 6) is -0.0480. The number of rotatable bonds is 8. The number of hydrogen-bond acceptors (Lipinski definition) is 4. The molecule has 2 aromatic rings. The van der Waals surface area contributed by atoms with Crippen LogP contribution in [-0.4, -0.2) is 44.0 Å². The van der Waals surface area contributed by atoms with Gasteiger partial charge in [0.2, 0.25) is 11.8 Å². The first-order valence-electron chi connectivity index (χ1n) is 8.62. The molecule has 6 nitrogen and oxygen atoms in total. The summed E-state index contributed by atoms with van der Waals surface area (Å²) in [5.41, 5.74) is 2.38. The van der Waals surface area contributed by atoms with Crippen LogP contribution >= 0.6 is 23.2 Å². The molecule has 0 saturated heterocycles. The number of halogens is 2. The van der Waals surface area contributed by atoms with Crippen molar-refractivity contribution in [2.45, 2.75) is 13.5 Å². The average Bonchev–Trinajstić information content (AvgIpc) is 2.64. The minimum atomic E-state index is -0.335. The molecule has 0 spiro atoms. The molecule has 2 aromatic carbocycles. The van der Waals surface area contributed by atoms with Gasteiger partial charge in [0.15, 0.2) is 0 Å². The molecule has 2 amide bonds. The Kier molecular flexibility index (Phi) is 8.11. The molecule has 0 saturated carbocycles. The quantitative estimate of drug-likeness (QED) is 0.681. The summed E-state index contributed by atoms with van der Waals surface area (Å²) >= 11 is 12.2. The summed E-state index contributed by atoms with van der Waals surface area (Å²) in [6.45, 7) is 2.35. The summed E-state index contributed by atoms with van der Waals surface area (Å²) in [4.78, 5) is 26.0. The van der Waals surface area contributed by atoms with E-state index in [1.54, 1.807) is 36.2 Å². The predicted octanol–water partition coefficient (Wildman–Crippen LogP) is 3.50. The molecule has 0 radical (unpaired) electrons. The summed E-state index contributed by atoms with van der Waals surface area (Å²) in [6, 6.07) is 10.8. The van der Waals surface area contributed by atoms with E-state index < -0.39 is 0 Å². The normalized spacial score (nSPS) is 10.6. The van der Waals surface area contributed by atoms with Crippen LogP contribution in [0.15, 0.2) is 36.4 Å². The van der Waals surface area contributed by atoms with Crippen LogP contribution in [0.4, 0.5) is 5.69 Å². The third-order valence-electron chi connectivity index (χ3n) is 3.96. The van der Waals surface area contributed by atoms with Crippen LogP contribution in [0.1, 0.15) is 11.1 Å². The van der Waals surface area contributed by atoms with Crippen LogP contribution in [0.3, 0.4) is 0 Å². The molecule has 8 heteroatoms. The Bertz CT molecular complexity index is 859. The molecule has 0 heterocycles. The van der Waals surface area contributed by atoms with E-state index in [2.05, 4.69) is 10.6 Å². The summed E-state index contributed by atoms with van der Waals surface area (Å²) in [5, 5.41) is 6.29. The van der Waals surface area contributed by atoms with E-state index in [-0.39, 0.29) is 24.9 Å². The van der Waals surface area contributed by atoms with Crippen LogP contribution in [0.5, 0.6) is 5.75 Å². The summed E-state index contributed by atoms with van der Waals surface area (Å²) in [6.07, 6.45) is 0. The number of benzene rings is 2. The van der Waals surface area contributed by atoms with E-state index >= 15 is 0 Å². The van der Waals surface area contributed by atoms with Crippen molar-refractivity contribution < 1.29 is 14.3 Å². The maximum absolute atomic E-state index is 12.1. The number of nitrogens with one attached hydrogen (secondary N) is 2. The van der Waals surface area contributed by atoms with Crippen molar-refractivity contribution in [3.63, 3.8) is 0 Å².